The summed E-state index contributed by atoms with van der Waals surface area (Å²) in [5, 5.41) is 10.2. The Labute approximate surface area is 164 Å². The van der Waals surface area contributed by atoms with Crippen LogP contribution in [0.15, 0.2) is 30.3 Å². The number of hydrogen-bond acceptors (Lipinski definition) is 3. The summed E-state index contributed by atoms with van der Waals surface area (Å²) in [6, 6.07) is 6.94. The van der Waals surface area contributed by atoms with Gasteiger partial charge in [-0.1, -0.05) is 23.2 Å². The minimum atomic E-state index is -0.917. The Balaban J connectivity index is 2.35. The molecule has 8 heteroatoms. The number of carbonyl (C=O) groups is 2. The van der Waals surface area contributed by atoms with E-state index in [1.54, 1.807) is 6.92 Å². The highest BCUT2D eigenvalue weighted by atomic mass is 35.5. The van der Waals surface area contributed by atoms with Gasteiger partial charge in [0, 0.05) is 16.6 Å². The number of benzene rings is 2. The quantitative estimate of drug-likeness (QED) is 0.674. The van der Waals surface area contributed by atoms with Crippen LogP contribution < -0.4 is 5.73 Å². The summed E-state index contributed by atoms with van der Waals surface area (Å²) in [5.74, 6) is -3.53. The predicted octanol–water partition coefficient (Wildman–Crippen LogP) is 4.38. The van der Waals surface area contributed by atoms with Gasteiger partial charge in [-0.25, -0.2) is 4.39 Å². The number of phenolic OH excluding ortho intramolecular Hbond substituents is 1. The predicted molar refractivity (Wildman–Crippen MR) is 102 cm³/mol. The normalized spacial score (nSPS) is 12.3. The molecule has 0 aliphatic rings. The van der Waals surface area contributed by atoms with Gasteiger partial charge in [-0.3, -0.25) is 14.2 Å². The van der Waals surface area contributed by atoms with Crippen molar-refractivity contribution in [2.75, 3.05) is 0 Å². The summed E-state index contributed by atoms with van der Waals surface area (Å²) in [6.07, 6.45) is 0. The van der Waals surface area contributed by atoms with E-state index in [2.05, 4.69) is 0 Å². The molecule has 0 saturated carbocycles. The first-order valence-electron chi connectivity index (χ1n) is 7.96. The third-order valence-corrected chi connectivity index (χ3v) is 5.30. The Kier molecular flexibility index (Phi) is 4.88. The molecule has 0 unspecified atom stereocenters. The lowest BCUT2D eigenvalue weighted by Crippen LogP contribution is -2.20. The summed E-state index contributed by atoms with van der Waals surface area (Å²) in [7, 11) is 0. The van der Waals surface area contributed by atoms with Crippen LogP contribution in [0.4, 0.5) is 4.39 Å². The van der Waals surface area contributed by atoms with Crippen LogP contribution in [-0.2, 0) is 4.79 Å². The number of carbonyl (C=O) groups excluding carboxylic acids is 2. The molecule has 0 fully saturated rings. The molecule has 3 rings (SSSR count). The van der Waals surface area contributed by atoms with Crippen LogP contribution in [0.5, 0.6) is 5.75 Å². The molecule has 1 atom stereocenters. The van der Waals surface area contributed by atoms with E-state index in [0.717, 1.165) is 6.07 Å². The van der Waals surface area contributed by atoms with Crippen molar-refractivity contribution in [3.63, 3.8) is 0 Å². The lowest BCUT2D eigenvalue weighted by Gasteiger charge is -2.10. The van der Waals surface area contributed by atoms with Gasteiger partial charge < -0.3 is 10.8 Å². The maximum atomic E-state index is 14.7. The number of fused-ring (bicyclic) bond motifs is 1. The summed E-state index contributed by atoms with van der Waals surface area (Å²) in [5.41, 5.74) is 6.44. The Bertz CT molecular complexity index is 1110. The Morgan fingerprint density at radius 3 is 2.44 bits per heavy atom. The number of aromatic hydroxyl groups is 1. The second-order valence-corrected chi connectivity index (χ2v) is 7.00. The third kappa shape index (κ3) is 3.05. The molecular formula is C19H15Cl2FN2O3. The third-order valence-electron chi connectivity index (χ3n) is 4.56. The van der Waals surface area contributed by atoms with Gasteiger partial charge in [0.15, 0.2) is 11.6 Å². The molecule has 0 saturated heterocycles. The van der Waals surface area contributed by atoms with Crippen molar-refractivity contribution in [1.82, 2.24) is 4.57 Å². The van der Waals surface area contributed by atoms with E-state index in [1.807, 2.05) is 0 Å². The van der Waals surface area contributed by atoms with Gasteiger partial charge >= 0.3 is 0 Å². The Hall–Kier alpha value is -2.57. The van der Waals surface area contributed by atoms with Crippen LogP contribution in [0, 0.1) is 12.7 Å². The van der Waals surface area contributed by atoms with Crippen molar-refractivity contribution in [3.8, 4) is 5.75 Å². The molecule has 0 aliphatic carbocycles. The SMILES string of the molecule is Cc1c([C@H](C)C(N)=O)c2c(F)c(O)ccc2n1C(=O)c1ccc(Cl)c(Cl)c1. The maximum absolute atomic E-state index is 14.7. The van der Waals surface area contributed by atoms with E-state index in [-0.39, 0.29) is 27.1 Å². The fourth-order valence-electron chi connectivity index (χ4n) is 3.17. The second-order valence-electron chi connectivity index (χ2n) is 6.19. The zero-order valence-electron chi connectivity index (χ0n) is 14.4. The first kappa shape index (κ1) is 19.2. The minimum Gasteiger partial charge on any atom is -0.505 e. The van der Waals surface area contributed by atoms with Crippen molar-refractivity contribution in [1.29, 1.82) is 0 Å². The molecule has 0 bridgehead atoms. The summed E-state index contributed by atoms with van der Waals surface area (Å²) in [4.78, 5) is 24.8. The van der Waals surface area contributed by atoms with Gasteiger partial charge in [-0.05, 0) is 49.7 Å². The molecule has 1 amide bonds. The zero-order valence-corrected chi connectivity index (χ0v) is 15.9. The van der Waals surface area contributed by atoms with Crippen molar-refractivity contribution >= 4 is 45.9 Å². The van der Waals surface area contributed by atoms with Crippen LogP contribution in [0.3, 0.4) is 0 Å². The van der Waals surface area contributed by atoms with E-state index in [4.69, 9.17) is 28.9 Å². The average molecular weight is 409 g/mol. The van der Waals surface area contributed by atoms with Crippen LogP contribution in [0.2, 0.25) is 10.0 Å². The van der Waals surface area contributed by atoms with Crippen LogP contribution >= 0.6 is 23.2 Å². The van der Waals surface area contributed by atoms with Crippen LogP contribution in [0.1, 0.15) is 34.5 Å². The van der Waals surface area contributed by atoms with E-state index >= 15 is 0 Å². The largest absolute Gasteiger partial charge is 0.505 e. The van der Waals surface area contributed by atoms with E-state index in [0.29, 0.717) is 10.7 Å². The first-order valence-corrected chi connectivity index (χ1v) is 8.72. The molecule has 1 aromatic heterocycles. The van der Waals surface area contributed by atoms with Crippen molar-refractivity contribution in [2.45, 2.75) is 19.8 Å². The fraction of sp³-hybridized carbons (Fsp3) is 0.158. The summed E-state index contributed by atoms with van der Waals surface area (Å²) < 4.78 is 16.0. The number of amides is 1. The van der Waals surface area contributed by atoms with Gasteiger partial charge in [-0.2, -0.15) is 0 Å². The molecule has 5 nitrogen and oxygen atoms in total. The Morgan fingerprint density at radius 1 is 1.19 bits per heavy atom. The first-order chi connectivity index (χ1) is 12.6. The lowest BCUT2D eigenvalue weighted by molar-refractivity contribution is -0.119. The molecule has 0 radical (unpaired) electrons. The lowest BCUT2D eigenvalue weighted by atomic mass is 9.97. The number of hydrogen-bond donors (Lipinski definition) is 2. The van der Waals surface area contributed by atoms with Gasteiger partial charge in [0.25, 0.3) is 5.91 Å². The van der Waals surface area contributed by atoms with Crippen molar-refractivity contribution < 1.29 is 19.1 Å². The monoisotopic (exact) mass is 408 g/mol. The topological polar surface area (TPSA) is 85.3 Å². The molecule has 3 aromatic rings. The highest BCUT2D eigenvalue weighted by Gasteiger charge is 2.28. The summed E-state index contributed by atoms with van der Waals surface area (Å²) >= 11 is 11.9. The molecule has 2 aromatic carbocycles. The van der Waals surface area contributed by atoms with E-state index < -0.39 is 29.3 Å². The van der Waals surface area contributed by atoms with Crippen molar-refractivity contribution in [3.05, 3.63) is 63.0 Å². The molecule has 3 N–H and O–H groups in total. The van der Waals surface area contributed by atoms with E-state index in [9.17, 15) is 19.1 Å². The van der Waals surface area contributed by atoms with Crippen molar-refractivity contribution in [2.24, 2.45) is 5.73 Å². The smallest absolute Gasteiger partial charge is 0.262 e. The number of nitrogens with two attached hydrogens (primary N) is 1. The second kappa shape index (κ2) is 6.87. The number of aromatic nitrogens is 1. The van der Waals surface area contributed by atoms with Crippen LogP contribution in [0.25, 0.3) is 10.9 Å². The van der Waals surface area contributed by atoms with Gasteiger partial charge in [0.1, 0.15) is 0 Å². The van der Waals surface area contributed by atoms with Crippen LogP contribution in [-0.4, -0.2) is 21.5 Å². The number of phenols is 1. The fourth-order valence-corrected chi connectivity index (χ4v) is 3.47. The average Bonchev–Trinajstić information content (AvgIpc) is 2.91. The van der Waals surface area contributed by atoms with Gasteiger partial charge in [-0.15, -0.1) is 0 Å². The number of halogens is 3. The Morgan fingerprint density at radius 2 is 1.85 bits per heavy atom. The maximum Gasteiger partial charge on any atom is 0.262 e. The molecule has 0 aliphatic heterocycles. The zero-order chi connectivity index (χ0) is 20.0. The number of nitrogens with zero attached hydrogens (tertiary/aromatic N) is 1. The number of primary amides is 1. The minimum absolute atomic E-state index is 0.0211. The molecule has 0 spiro atoms. The van der Waals surface area contributed by atoms with E-state index in [1.165, 1.54) is 35.8 Å². The number of rotatable bonds is 3. The molecule has 140 valence electrons. The highest BCUT2D eigenvalue weighted by molar-refractivity contribution is 6.42. The standard InChI is InChI=1S/C19H15Cl2FN2O3/c1-8(18(23)26)15-9(2)24(13-5-6-14(25)17(22)16(13)15)19(27)10-3-4-11(20)12(21)7-10/h3-8,25H,1-2H3,(H2,23,26)/t8-/m0/s1. The summed E-state index contributed by atoms with van der Waals surface area (Å²) in [6.45, 7) is 3.10. The molecule has 27 heavy (non-hydrogen) atoms. The molecular weight excluding hydrogens is 394 g/mol. The van der Waals surface area contributed by atoms with Gasteiger partial charge in [0.05, 0.1) is 21.5 Å². The van der Waals surface area contributed by atoms with Gasteiger partial charge in [0.2, 0.25) is 5.91 Å². The highest BCUT2D eigenvalue weighted by Crippen LogP contribution is 2.37. The molecule has 1 heterocycles.